The molecule has 0 heterocycles. The molecule has 1 aliphatic carbocycles. The maximum absolute atomic E-state index is 10.3. The van der Waals surface area contributed by atoms with Crippen molar-refractivity contribution in [2.45, 2.75) is 18.9 Å². The fourth-order valence-electron chi connectivity index (χ4n) is 2.80. The van der Waals surface area contributed by atoms with Crippen LogP contribution in [0.3, 0.4) is 0 Å². The number of hydrogen-bond acceptors (Lipinski definition) is 2. The minimum absolute atomic E-state index is 0.263. The molecule has 2 aromatic carbocycles. The molecule has 2 unspecified atom stereocenters. The van der Waals surface area contributed by atoms with Crippen LogP contribution in [0, 0.1) is 5.92 Å². The molecule has 2 aromatic rings. The van der Waals surface area contributed by atoms with Crippen molar-refractivity contribution in [3.05, 3.63) is 64.1 Å². The molecule has 2 nitrogen and oxygen atoms in total. The van der Waals surface area contributed by atoms with Crippen LogP contribution in [-0.2, 0) is 6.42 Å². The number of hydrogen-bond donors (Lipinski definition) is 1. The van der Waals surface area contributed by atoms with E-state index in [0.717, 1.165) is 28.6 Å². The molecule has 2 atom stereocenters. The summed E-state index contributed by atoms with van der Waals surface area (Å²) in [5, 5.41) is 10.3. The predicted molar refractivity (Wildman–Crippen MR) is 82.8 cm³/mol. The summed E-state index contributed by atoms with van der Waals surface area (Å²) < 4.78 is 6.77. The highest BCUT2D eigenvalue weighted by Gasteiger charge is 2.30. The van der Waals surface area contributed by atoms with Gasteiger partial charge in [-0.2, -0.15) is 0 Å². The molecule has 0 aliphatic heterocycles. The van der Waals surface area contributed by atoms with Gasteiger partial charge in [-0.25, -0.2) is 0 Å². The van der Waals surface area contributed by atoms with Crippen molar-refractivity contribution in [2.24, 2.45) is 5.92 Å². The van der Waals surface area contributed by atoms with Gasteiger partial charge in [0.25, 0.3) is 0 Å². The maximum atomic E-state index is 10.3. The van der Waals surface area contributed by atoms with Crippen molar-refractivity contribution in [2.75, 3.05) is 6.61 Å². The van der Waals surface area contributed by atoms with Crippen LogP contribution in [0.2, 0.25) is 0 Å². The fourth-order valence-corrected chi connectivity index (χ4v) is 3.18. The zero-order chi connectivity index (χ0) is 13.9. The van der Waals surface area contributed by atoms with Gasteiger partial charge in [-0.05, 0) is 48.1 Å². The van der Waals surface area contributed by atoms with Crippen LogP contribution in [0.4, 0.5) is 0 Å². The summed E-state index contributed by atoms with van der Waals surface area (Å²) in [5.74, 6) is 1.13. The third-order valence-corrected chi connectivity index (χ3v) is 4.35. The van der Waals surface area contributed by atoms with Gasteiger partial charge in [0.15, 0.2) is 0 Å². The van der Waals surface area contributed by atoms with Crippen LogP contribution in [0.1, 0.15) is 23.7 Å². The summed E-state index contributed by atoms with van der Waals surface area (Å²) in [7, 11) is 0. The summed E-state index contributed by atoms with van der Waals surface area (Å²) in [6.07, 6.45) is 1.46. The van der Waals surface area contributed by atoms with E-state index in [9.17, 15) is 5.11 Å². The van der Waals surface area contributed by atoms with Gasteiger partial charge in [-0.15, -0.1) is 0 Å². The van der Waals surface area contributed by atoms with E-state index < -0.39 is 0 Å². The largest absolute Gasteiger partial charge is 0.494 e. The monoisotopic (exact) mass is 332 g/mol. The van der Waals surface area contributed by atoms with Crippen molar-refractivity contribution in [3.8, 4) is 5.75 Å². The Labute approximate surface area is 127 Å². The first-order chi connectivity index (χ1) is 9.74. The van der Waals surface area contributed by atoms with Crippen LogP contribution < -0.4 is 4.74 Å². The standard InChI is InChI=1S/C17H17BrO2/c18-14-5-3-6-15(11-14)20-9-8-13-10-12-4-1-2-7-16(12)17(13)19/h1-7,11,13,17,19H,8-10H2. The number of ether oxygens (including phenoxy) is 1. The topological polar surface area (TPSA) is 29.5 Å². The van der Waals surface area contributed by atoms with Crippen LogP contribution in [0.5, 0.6) is 5.75 Å². The minimum atomic E-state index is -0.350. The van der Waals surface area contributed by atoms with Gasteiger partial charge >= 0.3 is 0 Å². The quantitative estimate of drug-likeness (QED) is 0.912. The van der Waals surface area contributed by atoms with E-state index in [1.54, 1.807) is 0 Å². The van der Waals surface area contributed by atoms with Crippen molar-refractivity contribution >= 4 is 15.9 Å². The number of benzene rings is 2. The molecule has 3 heteroatoms. The number of aliphatic hydroxyl groups excluding tert-OH is 1. The first-order valence-corrected chi connectivity index (χ1v) is 7.67. The first-order valence-electron chi connectivity index (χ1n) is 6.88. The van der Waals surface area contributed by atoms with E-state index in [4.69, 9.17) is 4.74 Å². The van der Waals surface area contributed by atoms with E-state index in [1.165, 1.54) is 5.56 Å². The maximum Gasteiger partial charge on any atom is 0.120 e. The molecule has 20 heavy (non-hydrogen) atoms. The molecular weight excluding hydrogens is 316 g/mol. The number of rotatable bonds is 4. The van der Waals surface area contributed by atoms with E-state index in [0.29, 0.717) is 6.61 Å². The molecule has 0 fully saturated rings. The molecule has 1 aliphatic rings. The lowest BCUT2D eigenvalue weighted by Gasteiger charge is -2.15. The second-order valence-electron chi connectivity index (χ2n) is 5.20. The lowest BCUT2D eigenvalue weighted by molar-refractivity contribution is 0.107. The van der Waals surface area contributed by atoms with Crippen LogP contribution in [0.15, 0.2) is 53.0 Å². The van der Waals surface area contributed by atoms with E-state index in [-0.39, 0.29) is 12.0 Å². The Morgan fingerprint density at radius 3 is 2.80 bits per heavy atom. The molecule has 1 N–H and O–H groups in total. The van der Waals surface area contributed by atoms with Crippen LogP contribution >= 0.6 is 15.9 Å². The summed E-state index contributed by atoms with van der Waals surface area (Å²) in [6.45, 7) is 0.631. The molecule has 104 valence electrons. The molecule has 0 saturated heterocycles. The SMILES string of the molecule is OC1c2ccccc2CC1CCOc1cccc(Br)c1. The van der Waals surface area contributed by atoms with Crippen LogP contribution in [-0.4, -0.2) is 11.7 Å². The number of aliphatic hydroxyl groups is 1. The first kappa shape index (κ1) is 13.7. The smallest absolute Gasteiger partial charge is 0.120 e. The summed E-state index contributed by atoms with van der Waals surface area (Å²) in [6, 6.07) is 16.0. The lowest BCUT2D eigenvalue weighted by Crippen LogP contribution is -2.11. The molecule has 0 aromatic heterocycles. The second kappa shape index (κ2) is 5.98. The van der Waals surface area contributed by atoms with E-state index in [1.807, 2.05) is 42.5 Å². The Balaban J connectivity index is 1.56. The van der Waals surface area contributed by atoms with Crippen molar-refractivity contribution in [1.82, 2.24) is 0 Å². The fraction of sp³-hybridized carbons (Fsp3) is 0.294. The van der Waals surface area contributed by atoms with Gasteiger partial charge in [-0.3, -0.25) is 0 Å². The molecule has 0 saturated carbocycles. The second-order valence-corrected chi connectivity index (χ2v) is 6.12. The normalized spacial score (nSPS) is 20.7. The van der Waals surface area contributed by atoms with Crippen LogP contribution in [0.25, 0.3) is 0 Å². The summed E-state index contributed by atoms with van der Waals surface area (Å²) >= 11 is 3.43. The molecule has 0 bridgehead atoms. The molecular formula is C17H17BrO2. The van der Waals surface area contributed by atoms with Crippen molar-refractivity contribution in [1.29, 1.82) is 0 Å². The molecule has 0 amide bonds. The van der Waals surface area contributed by atoms with Gasteiger partial charge < -0.3 is 9.84 Å². The Morgan fingerprint density at radius 2 is 2.00 bits per heavy atom. The highest BCUT2D eigenvalue weighted by Crippen LogP contribution is 2.37. The van der Waals surface area contributed by atoms with E-state index >= 15 is 0 Å². The van der Waals surface area contributed by atoms with E-state index in [2.05, 4.69) is 22.0 Å². The average molecular weight is 333 g/mol. The van der Waals surface area contributed by atoms with Gasteiger partial charge in [0, 0.05) is 4.47 Å². The zero-order valence-corrected chi connectivity index (χ0v) is 12.7. The highest BCUT2D eigenvalue weighted by atomic mass is 79.9. The summed E-state index contributed by atoms with van der Waals surface area (Å²) in [4.78, 5) is 0. The van der Waals surface area contributed by atoms with Crippen molar-refractivity contribution in [3.63, 3.8) is 0 Å². The van der Waals surface area contributed by atoms with Gasteiger partial charge in [0.2, 0.25) is 0 Å². The third-order valence-electron chi connectivity index (χ3n) is 3.86. The predicted octanol–water partition coefficient (Wildman–Crippen LogP) is 4.12. The Hall–Kier alpha value is -1.32. The molecule has 3 rings (SSSR count). The van der Waals surface area contributed by atoms with Crippen molar-refractivity contribution < 1.29 is 9.84 Å². The highest BCUT2D eigenvalue weighted by molar-refractivity contribution is 9.10. The number of halogens is 1. The van der Waals surface area contributed by atoms with Gasteiger partial charge in [0.05, 0.1) is 12.7 Å². The molecule has 0 spiro atoms. The average Bonchev–Trinajstić information content (AvgIpc) is 2.76. The Morgan fingerprint density at radius 1 is 1.15 bits per heavy atom. The number of fused-ring (bicyclic) bond motifs is 1. The van der Waals surface area contributed by atoms with Gasteiger partial charge in [0.1, 0.15) is 5.75 Å². The Kier molecular flexibility index (Phi) is 4.08. The zero-order valence-electron chi connectivity index (χ0n) is 11.1. The molecule has 0 radical (unpaired) electrons. The minimum Gasteiger partial charge on any atom is -0.494 e. The third kappa shape index (κ3) is 2.89. The Bertz CT molecular complexity index is 597. The summed E-state index contributed by atoms with van der Waals surface area (Å²) in [5.41, 5.74) is 2.35. The van der Waals surface area contributed by atoms with Gasteiger partial charge in [-0.1, -0.05) is 46.3 Å². The lowest BCUT2D eigenvalue weighted by atomic mass is 10.0.